The second-order valence-corrected chi connectivity index (χ2v) is 8.17. The van der Waals surface area contributed by atoms with Gasteiger partial charge in [0.25, 0.3) is 0 Å². The van der Waals surface area contributed by atoms with Crippen LogP contribution in [0.4, 0.5) is 5.82 Å². The zero-order valence-corrected chi connectivity index (χ0v) is 16.8. The summed E-state index contributed by atoms with van der Waals surface area (Å²) in [5, 5.41) is 9.99. The molecule has 1 aliphatic heterocycles. The van der Waals surface area contributed by atoms with Gasteiger partial charge < -0.3 is 20.5 Å². The molecule has 2 fully saturated rings. The van der Waals surface area contributed by atoms with Crippen molar-refractivity contribution in [2.75, 3.05) is 25.1 Å². The van der Waals surface area contributed by atoms with Crippen LogP contribution in [0.2, 0.25) is 0 Å². The minimum atomic E-state index is -0.124. The summed E-state index contributed by atoms with van der Waals surface area (Å²) < 4.78 is 5.33. The van der Waals surface area contributed by atoms with Crippen LogP contribution in [-0.4, -0.2) is 41.3 Å². The average Bonchev–Trinajstić information content (AvgIpc) is 3.08. The summed E-state index contributed by atoms with van der Waals surface area (Å²) in [6, 6.07) is 8.12. The fourth-order valence-electron chi connectivity index (χ4n) is 4.90. The quantitative estimate of drug-likeness (QED) is 0.845. The third-order valence-electron chi connectivity index (χ3n) is 6.65. The molecule has 150 valence electrons. The van der Waals surface area contributed by atoms with Crippen molar-refractivity contribution in [2.24, 2.45) is 11.1 Å². The van der Waals surface area contributed by atoms with E-state index in [9.17, 15) is 5.11 Å². The van der Waals surface area contributed by atoms with Gasteiger partial charge in [0.05, 0.1) is 25.1 Å². The molecule has 28 heavy (non-hydrogen) atoms. The van der Waals surface area contributed by atoms with Gasteiger partial charge in [-0.05, 0) is 50.2 Å². The number of ether oxygens (including phenoxy) is 1. The van der Waals surface area contributed by atoms with Gasteiger partial charge in [0.1, 0.15) is 11.4 Å². The summed E-state index contributed by atoms with van der Waals surface area (Å²) in [5.74, 6) is 1.59. The number of anilines is 1. The van der Waals surface area contributed by atoms with Gasteiger partial charge in [-0.2, -0.15) is 0 Å². The number of aryl methyl sites for hydroxylation is 1. The third-order valence-corrected chi connectivity index (χ3v) is 6.65. The molecule has 1 aromatic heterocycles. The van der Waals surface area contributed by atoms with Crippen LogP contribution < -0.4 is 15.4 Å². The Kier molecular flexibility index (Phi) is 5.25. The molecule has 2 heterocycles. The lowest BCUT2D eigenvalue weighted by Crippen LogP contribution is -2.47. The first-order valence-corrected chi connectivity index (χ1v) is 10.2. The predicted octanol–water partition coefficient (Wildman–Crippen LogP) is 3.05. The van der Waals surface area contributed by atoms with E-state index in [4.69, 9.17) is 20.4 Å². The van der Waals surface area contributed by atoms with Crippen LogP contribution in [0, 0.1) is 12.3 Å². The summed E-state index contributed by atoms with van der Waals surface area (Å²) in [6.45, 7) is 3.70. The Hall–Kier alpha value is -2.18. The molecule has 0 amide bonds. The van der Waals surface area contributed by atoms with E-state index < -0.39 is 0 Å². The normalized spacial score (nSPS) is 21.3. The van der Waals surface area contributed by atoms with Crippen molar-refractivity contribution < 1.29 is 9.84 Å². The van der Waals surface area contributed by atoms with Crippen LogP contribution in [-0.2, 0) is 6.61 Å². The molecule has 1 aliphatic carbocycles. The highest BCUT2D eigenvalue weighted by molar-refractivity contribution is 5.65. The van der Waals surface area contributed by atoms with Crippen LogP contribution in [0.15, 0.2) is 24.3 Å². The molecule has 0 unspecified atom stereocenters. The summed E-state index contributed by atoms with van der Waals surface area (Å²) in [6.07, 6.45) is 5.83. The Bertz CT molecular complexity index is 846. The molecule has 0 bridgehead atoms. The molecule has 6 heteroatoms. The number of methoxy groups -OCH3 is 1. The molecular weight excluding hydrogens is 352 g/mol. The van der Waals surface area contributed by atoms with E-state index in [2.05, 4.69) is 4.90 Å². The lowest BCUT2D eigenvalue weighted by molar-refractivity contribution is 0.196. The zero-order chi connectivity index (χ0) is 19.7. The van der Waals surface area contributed by atoms with E-state index in [1.165, 1.54) is 12.8 Å². The number of piperidine rings is 1. The first-order chi connectivity index (χ1) is 13.6. The molecule has 3 N–H and O–H groups in total. The number of hydrogen-bond acceptors (Lipinski definition) is 6. The molecule has 1 saturated heterocycles. The van der Waals surface area contributed by atoms with Crippen molar-refractivity contribution in [3.63, 3.8) is 0 Å². The van der Waals surface area contributed by atoms with Crippen LogP contribution in [0.5, 0.6) is 5.75 Å². The number of nitrogens with two attached hydrogens (primary N) is 1. The van der Waals surface area contributed by atoms with Crippen molar-refractivity contribution in [2.45, 2.75) is 51.7 Å². The number of aromatic nitrogens is 2. The largest absolute Gasteiger partial charge is 0.497 e. The number of aliphatic hydroxyl groups is 1. The number of hydrogen-bond donors (Lipinski definition) is 2. The second-order valence-electron chi connectivity index (χ2n) is 8.17. The van der Waals surface area contributed by atoms with Gasteiger partial charge in [-0.1, -0.05) is 18.6 Å². The third kappa shape index (κ3) is 3.35. The van der Waals surface area contributed by atoms with Crippen LogP contribution >= 0.6 is 0 Å². The molecule has 1 saturated carbocycles. The number of benzene rings is 1. The lowest BCUT2D eigenvalue weighted by Gasteiger charge is -2.42. The van der Waals surface area contributed by atoms with E-state index in [0.29, 0.717) is 17.2 Å². The summed E-state index contributed by atoms with van der Waals surface area (Å²) in [4.78, 5) is 11.9. The Morgan fingerprint density at radius 3 is 2.68 bits per heavy atom. The standard InChI is InChI=1S/C22H30N4O2/c1-15-20(16-5-3-6-17(13-16)28-2)25-18(14-27)21(24-15)26-11-9-22(10-12-26)8-4-7-19(22)23/h3,5-6,13,19,27H,4,7-12,14,23H2,1-2H3/t19-/m1/s1. The highest BCUT2D eigenvalue weighted by atomic mass is 16.5. The highest BCUT2D eigenvalue weighted by Gasteiger charge is 2.43. The van der Waals surface area contributed by atoms with Crippen molar-refractivity contribution in [3.8, 4) is 17.0 Å². The van der Waals surface area contributed by atoms with Crippen molar-refractivity contribution >= 4 is 5.82 Å². The molecular formula is C22H30N4O2. The van der Waals surface area contributed by atoms with Crippen molar-refractivity contribution in [1.29, 1.82) is 0 Å². The lowest BCUT2D eigenvalue weighted by atomic mass is 9.74. The molecule has 2 aliphatic rings. The maximum atomic E-state index is 9.99. The Morgan fingerprint density at radius 1 is 1.25 bits per heavy atom. The second kappa shape index (κ2) is 7.68. The van der Waals surface area contributed by atoms with Gasteiger partial charge >= 0.3 is 0 Å². The first-order valence-electron chi connectivity index (χ1n) is 10.2. The first kappa shape index (κ1) is 19.2. The molecule has 2 aromatic rings. The smallest absolute Gasteiger partial charge is 0.153 e. The van der Waals surface area contributed by atoms with E-state index in [0.717, 1.165) is 60.9 Å². The highest BCUT2D eigenvalue weighted by Crippen LogP contribution is 2.46. The van der Waals surface area contributed by atoms with Crippen LogP contribution in [0.25, 0.3) is 11.3 Å². The molecule has 0 radical (unpaired) electrons. The molecule has 6 nitrogen and oxygen atoms in total. The Labute approximate surface area is 166 Å². The van der Waals surface area contributed by atoms with Crippen LogP contribution in [0.1, 0.15) is 43.5 Å². The number of rotatable bonds is 4. The minimum absolute atomic E-state index is 0.124. The van der Waals surface area contributed by atoms with E-state index in [1.54, 1.807) is 7.11 Å². The fourth-order valence-corrected chi connectivity index (χ4v) is 4.90. The van der Waals surface area contributed by atoms with Crippen molar-refractivity contribution in [3.05, 3.63) is 35.7 Å². The maximum absolute atomic E-state index is 9.99. The van der Waals surface area contributed by atoms with Gasteiger partial charge in [-0.25, -0.2) is 9.97 Å². The summed E-state index contributed by atoms with van der Waals surface area (Å²) in [5.41, 5.74) is 9.95. The Morgan fingerprint density at radius 2 is 2.04 bits per heavy atom. The van der Waals surface area contributed by atoms with Gasteiger partial charge in [-0.15, -0.1) is 0 Å². The van der Waals surface area contributed by atoms with E-state index in [-0.39, 0.29) is 6.61 Å². The van der Waals surface area contributed by atoms with Gasteiger partial charge in [-0.3, -0.25) is 0 Å². The maximum Gasteiger partial charge on any atom is 0.153 e. The average molecular weight is 383 g/mol. The van der Waals surface area contributed by atoms with Gasteiger partial charge in [0.2, 0.25) is 0 Å². The number of nitrogens with zero attached hydrogens (tertiary/aromatic N) is 3. The SMILES string of the molecule is COc1cccc(-c2nc(CO)c(N3CCC4(CCC[C@H]4N)CC3)nc2C)c1. The molecule has 1 spiro atoms. The fraction of sp³-hybridized carbons (Fsp3) is 0.545. The zero-order valence-electron chi connectivity index (χ0n) is 16.8. The van der Waals surface area contributed by atoms with Crippen LogP contribution in [0.3, 0.4) is 0 Å². The van der Waals surface area contributed by atoms with E-state index in [1.807, 2.05) is 31.2 Å². The monoisotopic (exact) mass is 382 g/mol. The summed E-state index contributed by atoms with van der Waals surface area (Å²) >= 11 is 0. The topological polar surface area (TPSA) is 84.5 Å². The molecule has 1 aromatic carbocycles. The predicted molar refractivity (Wildman–Crippen MR) is 110 cm³/mol. The Balaban J connectivity index is 1.61. The number of aliphatic hydroxyl groups excluding tert-OH is 1. The van der Waals surface area contributed by atoms with Gasteiger partial charge in [0.15, 0.2) is 5.82 Å². The minimum Gasteiger partial charge on any atom is -0.497 e. The van der Waals surface area contributed by atoms with E-state index >= 15 is 0 Å². The molecule has 4 rings (SSSR count). The molecule has 1 atom stereocenters. The van der Waals surface area contributed by atoms with Crippen molar-refractivity contribution in [1.82, 2.24) is 9.97 Å². The summed E-state index contributed by atoms with van der Waals surface area (Å²) in [7, 11) is 1.65. The van der Waals surface area contributed by atoms with Gasteiger partial charge in [0, 0.05) is 24.7 Å².